The molecule has 0 spiro atoms. The molecule has 5 nitrogen and oxygen atoms in total. The first-order chi connectivity index (χ1) is 9.81. The highest BCUT2D eigenvalue weighted by Crippen LogP contribution is 2.22. The summed E-state index contributed by atoms with van der Waals surface area (Å²) < 4.78 is 27.2. The number of hydrogen-bond acceptors (Lipinski definition) is 3. The molecule has 0 fully saturated rings. The number of rotatable bonds is 4. The minimum absolute atomic E-state index is 0.170. The molecular formula is C15H17N3O2S. The van der Waals surface area contributed by atoms with Gasteiger partial charge < -0.3 is 5.73 Å². The summed E-state index contributed by atoms with van der Waals surface area (Å²) in [4.78, 5) is 0.170. The predicted molar refractivity (Wildman–Crippen MR) is 84.2 cm³/mol. The molecule has 110 valence electrons. The fraction of sp³-hybridized carbons (Fsp3) is 0.133. The maximum absolute atomic E-state index is 12.4. The highest BCUT2D eigenvalue weighted by atomic mass is 32.2. The van der Waals surface area contributed by atoms with Gasteiger partial charge in [-0.25, -0.2) is 8.42 Å². The third-order valence-electron chi connectivity index (χ3n) is 3.12. The van der Waals surface area contributed by atoms with Gasteiger partial charge in [0, 0.05) is 5.56 Å². The predicted octanol–water partition coefficient (Wildman–Crippen LogP) is 2.39. The standard InChI is InChI=1S/C15H17N3O2S/c1-10-6-8-12(9-7-10)21(19,20)18-13-5-3-4-11(2)14(13)15(16)17/h3-9,18H,1-2H3,(H3,16,17). The zero-order chi connectivity index (χ0) is 15.6. The van der Waals surface area contributed by atoms with Crippen molar-refractivity contribution < 1.29 is 8.42 Å². The summed E-state index contributed by atoms with van der Waals surface area (Å²) in [6.07, 6.45) is 0. The Hall–Kier alpha value is -2.34. The fourth-order valence-electron chi connectivity index (χ4n) is 2.03. The van der Waals surface area contributed by atoms with Crippen LogP contribution in [0.2, 0.25) is 0 Å². The van der Waals surface area contributed by atoms with E-state index in [1.807, 2.05) is 6.92 Å². The summed E-state index contributed by atoms with van der Waals surface area (Å²) in [5.41, 5.74) is 7.97. The average molecular weight is 303 g/mol. The molecule has 0 aliphatic heterocycles. The van der Waals surface area contributed by atoms with Gasteiger partial charge in [0.2, 0.25) is 0 Å². The summed E-state index contributed by atoms with van der Waals surface area (Å²) in [6, 6.07) is 11.6. The number of sulfonamides is 1. The summed E-state index contributed by atoms with van der Waals surface area (Å²) in [6.45, 7) is 3.67. The molecule has 6 heteroatoms. The molecule has 0 saturated carbocycles. The largest absolute Gasteiger partial charge is 0.384 e. The average Bonchev–Trinajstić information content (AvgIpc) is 2.38. The van der Waals surface area contributed by atoms with E-state index in [1.54, 1.807) is 49.4 Å². The van der Waals surface area contributed by atoms with Gasteiger partial charge in [-0.05, 0) is 37.6 Å². The minimum Gasteiger partial charge on any atom is -0.384 e. The van der Waals surface area contributed by atoms with Crippen LogP contribution in [0.4, 0.5) is 5.69 Å². The first kappa shape index (κ1) is 15.1. The van der Waals surface area contributed by atoms with Crippen molar-refractivity contribution in [2.24, 2.45) is 5.73 Å². The van der Waals surface area contributed by atoms with E-state index < -0.39 is 10.0 Å². The molecule has 0 bridgehead atoms. The van der Waals surface area contributed by atoms with Gasteiger partial charge in [-0.2, -0.15) is 0 Å². The molecule has 0 amide bonds. The van der Waals surface area contributed by atoms with Crippen molar-refractivity contribution >= 4 is 21.5 Å². The van der Waals surface area contributed by atoms with Crippen molar-refractivity contribution in [3.05, 3.63) is 59.2 Å². The zero-order valence-corrected chi connectivity index (χ0v) is 12.7. The van der Waals surface area contributed by atoms with Gasteiger partial charge in [0.05, 0.1) is 10.6 Å². The number of nitrogen functional groups attached to an aromatic ring is 1. The Balaban J connectivity index is 2.44. The Morgan fingerprint density at radius 3 is 2.29 bits per heavy atom. The molecule has 2 aromatic rings. The molecule has 4 N–H and O–H groups in total. The molecule has 2 rings (SSSR count). The summed E-state index contributed by atoms with van der Waals surface area (Å²) in [5, 5.41) is 7.60. The van der Waals surface area contributed by atoms with E-state index in [0.29, 0.717) is 11.3 Å². The number of hydrogen-bond donors (Lipinski definition) is 3. The molecule has 21 heavy (non-hydrogen) atoms. The van der Waals surface area contributed by atoms with E-state index in [0.717, 1.165) is 11.1 Å². The van der Waals surface area contributed by atoms with Crippen LogP contribution >= 0.6 is 0 Å². The second-order valence-corrected chi connectivity index (χ2v) is 6.51. The van der Waals surface area contributed by atoms with Gasteiger partial charge in [-0.15, -0.1) is 0 Å². The van der Waals surface area contributed by atoms with E-state index in [9.17, 15) is 8.42 Å². The molecule has 2 aromatic carbocycles. The first-order valence-corrected chi connectivity index (χ1v) is 7.83. The topological polar surface area (TPSA) is 96.0 Å². The lowest BCUT2D eigenvalue weighted by Crippen LogP contribution is -2.19. The Kier molecular flexibility index (Phi) is 3.99. The molecular weight excluding hydrogens is 286 g/mol. The van der Waals surface area contributed by atoms with Crippen molar-refractivity contribution in [2.75, 3.05) is 4.72 Å². The Morgan fingerprint density at radius 1 is 1.10 bits per heavy atom. The number of aryl methyl sites for hydroxylation is 2. The Morgan fingerprint density at radius 2 is 1.71 bits per heavy atom. The van der Waals surface area contributed by atoms with E-state index in [1.165, 1.54) is 0 Å². The molecule has 0 atom stereocenters. The highest BCUT2D eigenvalue weighted by molar-refractivity contribution is 7.92. The quantitative estimate of drug-likeness (QED) is 0.597. The van der Waals surface area contributed by atoms with Crippen LogP contribution in [0.3, 0.4) is 0 Å². The third-order valence-corrected chi connectivity index (χ3v) is 4.50. The van der Waals surface area contributed by atoms with Crippen LogP contribution in [0.1, 0.15) is 16.7 Å². The second-order valence-electron chi connectivity index (χ2n) is 4.83. The van der Waals surface area contributed by atoms with Crippen LogP contribution in [0.5, 0.6) is 0 Å². The van der Waals surface area contributed by atoms with Crippen molar-refractivity contribution in [1.29, 1.82) is 5.41 Å². The number of benzene rings is 2. The second kappa shape index (κ2) is 5.57. The summed E-state index contributed by atoms with van der Waals surface area (Å²) in [5.74, 6) is -0.172. The summed E-state index contributed by atoms with van der Waals surface area (Å²) in [7, 11) is -3.71. The van der Waals surface area contributed by atoms with Gasteiger partial charge in [0.15, 0.2) is 0 Å². The van der Waals surface area contributed by atoms with Crippen LogP contribution in [-0.2, 0) is 10.0 Å². The van der Waals surface area contributed by atoms with E-state index >= 15 is 0 Å². The number of nitrogens with two attached hydrogens (primary N) is 1. The molecule has 0 aromatic heterocycles. The van der Waals surface area contributed by atoms with Gasteiger partial charge in [-0.3, -0.25) is 10.1 Å². The van der Waals surface area contributed by atoms with E-state index in [2.05, 4.69) is 4.72 Å². The van der Waals surface area contributed by atoms with Crippen LogP contribution in [0.25, 0.3) is 0 Å². The third kappa shape index (κ3) is 3.22. The lowest BCUT2D eigenvalue weighted by molar-refractivity contribution is 0.601. The van der Waals surface area contributed by atoms with Gasteiger partial charge in [0.25, 0.3) is 10.0 Å². The molecule has 0 aliphatic carbocycles. The van der Waals surface area contributed by atoms with Gasteiger partial charge >= 0.3 is 0 Å². The molecule has 0 aliphatic rings. The van der Waals surface area contributed by atoms with Gasteiger partial charge in [-0.1, -0.05) is 29.8 Å². The lowest BCUT2D eigenvalue weighted by Gasteiger charge is -2.14. The van der Waals surface area contributed by atoms with Crippen LogP contribution in [0.15, 0.2) is 47.4 Å². The van der Waals surface area contributed by atoms with Crippen molar-refractivity contribution in [3.63, 3.8) is 0 Å². The van der Waals surface area contributed by atoms with Crippen molar-refractivity contribution in [2.45, 2.75) is 18.7 Å². The smallest absolute Gasteiger partial charge is 0.261 e. The monoisotopic (exact) mass is 303 g/mol. The zero-order valence-electron chi connectivity index (χ0n) is 11.8. The van der Waals surface area contributed by atoms with Gasteiger partial charge in [0.1, 0.15) is 5.84 Å². The molecule has 0 saturated heterocycles. The SMILES string of the molecule is Cc1ccc(S(=O)(=O)Nc2cccc(C)c2C(=N)N)cc1. The fourth-order valence-corrected chi connectivity index (χ4v) is 3.10. The Labute approximate surface area is 124 Å². The highest BCUT2D eigenvalue weighted by Gasteiger charge is 2.17. The van der Waals surface area contributed by atoms with Crippen LogP contribution in [0, 0.1) is 19.3 Å². The van der Waals surface area contributed by atoms with E-state index in [4.69, 9.17) is 11.1 Å². The Bertz CT molecular complexity index is 781. The van der Waals surface area contributed by atoms with Crippen molar-refractivity contribution in [3.8, 4) is 0 Å². The maximum atomic E-state index is 12.4. The number of amidine groups is 1. The number of anilines is 1. The van der Waals surface area contributed by atoms with Crippen LogP contribution < -0.4 is 10.5 Å². The van der Waals surface area contributed by atoms with E-state index in [-0.39, 0.29) is 10.7 Å². The van der Waals surface area contributed by atoms with Crippen LogP contribution in [-0.4, -0.2) is 14.3 Å². The minimum atomic E-state index is -3.71. The first-order valence-electron chi connectivity index (χ1n) is 6.35. The normalized spacial score (nSPS) is 11.1. The molecule has 0 unspecified atom stereocenters. The van der Waals surface area contributed by atoms with Crippen molar-refractivity contribution in [1.82, 2.24) is 0 Å². The molecule has 0 heterocycles. The number of nitrogens with one attached hydrogen (secondary N) is 2. The summed E-state index contributed by atoms with van der Waals surface area (Å²) >= 11 is 0. The maximum Gasteiger partial charge on any atom is 0.261 e. The molecule has 0 radical (unpaired) electrons. The lowest BCUT2D eigenvalue weighted by atomic mass is 10.1.